The van der Waals surface area contributed by atoms with Gasteiger partial charge in [0, 0.05) is 6.42 Å². The first-order chi connectivity index (χ1) is 10.6. The van der Waals surface area contributed by atoms with Gasteiger partial charge in [0.05, 0.1) is 5.71 Å². The highest BCUT2D eigenvalue weighted by molar-refractivity contribution is 6.20. The predicted molar refractivity (Wildman–Crippen MR) is 84.7 cm³/mol. The SMILES string of the molecule is CCCC(=NOCC)C1=C(O)CC2(C=CCCCC2)OC1=O. The van der Waals surface area contributed by atoms with Gasteiger partial charge in [-0.15, -0.1) is 0 Å². The summed E-state index contributed by atoms with van der Waals surface area (Å²) in [7, 11) is 0. The Labute approximate surface area is 131 Å². The Morgan fingerprint density at radius 3 is 2.95 bits per heavy atom. The lowest BCUT2D eigenvalue weighted by Gasteiger charge is -2.34. The van der Waals surface area contributed by atoms with Crippen LogP contribution in [0.25, 0.3) is 0 Å². The third kappa shape index (κ3) is 3.70. The molecule has 2 aliphatic rings. The quantitative estimate of drug-likeness (QED) is 0.363. The molecule has 0 saturated heterocycles. The number of oxime groups is 1. The van der Waals surface area contributed by atoms with Gasteiger partial charge in [-0.1, -0.05) is 24.6 Å². The molecule has 0 amide bonds. The molecular weight excluding hydrogens is 282 g/mol. The van der Waals surface area contributed by atoms with Crippen molar-refractivity contribution in [2.75, 3.05) is 6.61 Å². The molecule has 2 rings (SSSR count). The molecule has 0 saturated carbocycles. The van der Waals surface area contributed by atoms with E-state index in [0.717, 1.165) is 32.1 Å². The van der Waals surface area contributed by atoms with Crippen molar-refractivity contribution >= 4 is 11.7 Å². The highest BCUT2D eigenvalue weighted by Crippen LogP contribution is 2.37. The zero-order valence-electron chi connectivity index (χ0n) is 13.4. The number of allylic oxidation sites excluding steroid dienone is 1. The lowest BCUT2D eigenvalue weighted by atomic mass is 9.87. The molecule has 0 bridgehead atoms. The summed E-state index contributed by atoms with van der Waals surface area (Å²) in [5.41, 5.74) is -0.0396. The minimum Gasteiger partial charge on any atom is -0.511 e. The monoisotopic (exact) mass is 307 g/mol. The number of aliphatic hydroxyl groups is 1. The van der Waals surface area contributed by atoms with E-state index in [2.05, 4.69) is 5.16 Å². The van der Waals surface area contributed by atoms with Crippen LogP contribution in [0.2, 0.25) is 0 Å². The number of hydrogen-bond donors (Lipinski definition) is 1. The molecule has 0 aromatic rings. The van der Waals surface area contributed by atoms with E-state index >= 15 is 0 Å². The molecule has 5 heteroatoms. The summed E-state index contributed by atoms with van der Waals surface area (Å²) in [6.45, 7) is 4.23. The van der Waals surface area contributed by atoms with Gasteiger partial charge in [0.1, 0.15) is 23.5 Å². The maximum atomic E-state index is 12.5. The van der Waals surface area contributed by atoms with Crippen LogP contribution in [0.15, 0.2) is 28.6 Å². The van der Waals surface area contributed by atoms with E-state index in [9.17, 15) is 9.90 Å². The number of esters is 1. The fraction of sp³-hybridized carbons (Fsp3) is 0.647. The fourth-order valence-corrected chi connectivity index (χ4v) is 2.94. The van der Waals surface area contributed by atoms with E-state index in [-0.39, 0.29) is 11.3 Å². The maximum absolute atomic E-state index is 12.5. The van der Waals surface area contributed by atoms with Crippen LogP contribution < -0.4 is 0 Å². The number of nitrogens with zero attached hydrogens (tertiary/aromatic N) is 1. The highest BCUT2D eigenvalue weighted by atomic mass is 16.6. The van der Waals surface area contributed by atoms with Gasteiger partial charge in [-0.05, 0) is 45.1 Å². The number of carbonyl (C=O) groups excluding carboxylic acids is 1. The van der Waals surface area contributed by atoms with Crippen molar-refractivity contribution in [2.45, 2.75) is 64.4 Å². The molecule has 1 spiro atoms. The summed E-state index contributed by atoms with van der Waals surface area (Å²) < 4.78 is 5.71. The molecule has 0 aromatic heterocycles. The Kier molecular flexibility index (Phi) is 5.63. The predicted octanol–water partition coefficient (Wildman–Crippen LogP) is 3.81. The van der Waals surface area contributed by atoms with Crippen molar-refractivity contribution < 1.29 is 19.5 Å². The van der Waals surface area contributed by atoms with Gasteiger partial charge in [0.25, 0.3) is 0 Å². The topological polar surface area (TPSA) is 68.1 Å². The minimum atomic E-state index is -0.690. The molecule has 1 aliphatic carbocycles. The molecule has 0 fully saturated rings. The van der Waals surface area contributed by atoms with Gasteiger partial charge in [-0.25, -0.2) is 4.79 Å². The second kappa shape index (κ2) is 7.47. The van der Waals surface area contributed by atoms with Crippen LogP contribution >= 0.6 is 0 Å². The zero-order chi connectivity index (χ0) is 16.0. The normalized spacial score (nSPS) is 26.1. The molecule has 1 atom stereocenters. The molecule has 1 unspecified atom stereocenters. The third-order valence-electron chi connectivity index (χ3n) is 3.98. The standard InChI is InChI=1S/C17H25NO4/c1-3-9-13(18-21-4-2)15-14(19)12-17(22-16(15)20)10-7-5-6-8-11-17/h7,10,19H,3-6,8-9,11-12H2,1-2H3. The van der Waals surface area contributed by atoms with E-state index in [1.54, 1.807) is 0 Å². The van der Waals surface area contributed by atoms with Crippen molar-refractivity contribution in [3.63, 3.8) is 0 Å². The molecule has 1 heterocycles. The summed E-state index contributed by atoms with van der Waals surface area (Å²) in [4.78, 5) is 17.5. The summed E-state index contributed by atoms with van der Waals surface area (Å²) in [5, 5.41) is 14.4. The second-order valence-corrected chi connectivity index (χ2v) is 5.81. The van der Waals surface area contributed by atoms with Gasteiger partial charge in [-0.2, -0.15) is 0 Å². The number of hydrogen-bond acceptors (Lipinski definition) is 5. The largest absolute Gasteiger partial charge is 0.511 e. The number of aliphatic hydroxyl groups excluding tert-OH is 1. The van der Waals surface area contributed by atoms with Crippen LogP contribution in [0, 0.1) is 0 Å². The first-order valence-corrected chi connectivity index (χ1v) is 8.14. The Hall–Kier alpha value is -1.78. The first kappa shape index (κ1) is 16.6. The summed E-state index contributed by atoms with van der Waals surface area (Å²) in [6, 6.07) is 0. The molecule has 5 nitrogen and oxygen atoms in total. The van der Waals surface area contributed by atoms with Crippen LogP contribution in [0.1, 0.15) is 58.8 Å². The number of carbonyl (C=O) groups is 1. The first-order valence-electron chi connectivity index (χ1n) is 8.14. The smallest absolute Gasteiger partial charge is 0.344 e. The zero-order valence-corrected chi connectivity index (χ0v) is 13.4. The number of ether oxygens (including phenoxy) is 1. The van der Waals surface area contributed by atoms with Crippen molar-refractivity contribution in [1.29, 1.82) is 0 Å². The van der Waals surface area contributed by atoms with Crippen LogP contribution in [-0.2, 0) is 14.4 Å². The molecule has 1 aliphatic heterocycles. The highest BCUT2D eigenvalue weighted by Gasteiger charge is 2.41. The lowest BCUT2D eigenvalue weighted by Crippen LogP contribution is -2.40. The summed E-state index contributed by atoms with van der Waals surface area (Å²) >= 11 is 0. The van der Waals surface area contributed by atoms with Gasteiger partial charge < -0.3 is 14.7 Å². The number of rotatable bonds is 5. The van der Waals surface area contributed by atoms with E-state index in [1.165, 1.54) is 0 Å². The minimum absolute atomic E-state index is 0.0645. The van der Waals surface area contributed by atoms with Gasteiger partial charge >= 0.3 is 5.97 Å². The van der Waals surface area contributed by atoms with Crippen LogP contribution in [-0.4, -0.2) is 29.0 Å². The second-order valence-electron chi connectivity index (χ2n) is 5.81. The lowest BCUT2D eigenvalue weighted by molar-refractivity contribution is -0.153. The van der Waals surface area contributed by atoms with E-state index in [4.69, 9.17) is 9.57 Å². The van der Waals surface area contributed by atoms with E-state index in [0.29, 0.717) is 25.2 Å². The Balaban J connectivity index is 2.30. The van der Waals surface area contributed by atoms with Crippen molar-refractivity contribution in [3.05, 3.63) is 23.5 Å². The van der Waals surface area contributed by atoms with Crippen LogP contribution in [0.3, 0.4) is 0 Å². The summed E-state index contributed by atoms with van der Waals surface area (Å²) in [5.74, 6) is -0.433. The van der Waals surface area contributed by atoms with Crippen LogP contribution in [0.5, 0.6) is 0 Å². The van der Waals surface area contributed by atoms with Crippen LogP contribution in [0.4, 0.5) is 0 Å². The molecule has 0 radical (unpaired) electrons. The average molecular weight is 307 g/mol. The van der Waals surface area contributed by atoms with Gasteiger partial charge in [-0.3, -0.25) is 0 Å². The summed E-state index contributed by atoms with van der Waals surface area (Å²) in [6.07, 6.45) is 9.47. The van der Waals surface area contributed by atoms with Gasteiger partial charge in [0.15, 0.2) is 0 Å². The van der Waals surface area contributed by atoms with Crippen molar-refractivity contribution in [3.8, 4) is 0 Å². The average Bonchev–Trinajstić information content (AvgIpc) is 2.69. The Bertz CT molecular complexity index is 507. The van der Waals surface area contributed by atoms with Gasteiger partial charge in [0.2, 0.25) is 0 Å². The van der Waals surface area contributed by atoms with Crippen molar-refractivity contribution in [2.24, 2.45) is 5.16 Å². The maximum Gasteiger partial charge on any atom is 0.344 e. The fourth-order valence-electron chi connectivity index (χ4n) is 2.94. The molecule has 0 aromatic carbocycles. The Morgan fingerprint density at radius 1 is 1.45 bits per heavy atom. The van der Waals surface area contributed by atoms with E-state index in [1.807, 2.05) is 26.0 Å². The Morgan fingerprint density at radius 2 is 2.27 bits per heavy atom. The molecular formula is C17H25NO4. The molecule has 122 valence electrons. The molecule has 22 heavy (non-hydrogen) atoms. The van der Waals surface area contributed by atoms with E-state index < -0.39 is 11.6 Å². The third-order valence-corrected chi connectivity index (χ3v) is 3.98. The van der Waals surface area contributed by atoms with Crippen molar-refractivity contribution in [1.82, 2.24) is 0 Å². The molecule has 1 N–H and O–H groups in total.